The molecule has 5 nitrogen and oxygen atoms in total. The minimum absolute atomic E-state index is 0.140. The number of benzene rings is 4. The highest BCUT2D eigenvalue weighted by Crippen LogP contribution is 2.36. The molecular formula is C38H43Cl2F3N4O. The van der Waals surface area contributed by atoms with Crippen molar-refractivity contribution in [1.29, 1.82) is 0 Å². The third-order valence-electron chi connectivity index (χ3n) is 8.66. The van der Waals surface area contributed by atoms with Gasteiger partial charge in [-0.15, -0.1) is 0 Å². The van der Waals surface area contributed by atoms with Gasteiger partial charge in [0.05, 0.1) is 12.7 Å². The van der Waals surface area contributed by atoms with Gasteiger partial charge in [-0.25, -0.2) is 0 Å². The van der Waals surface area contributed by atoms with Gasteiger partial charge >= 0.3 is 6.18 Å². The van der Waals surface area contributed by atoms with Gasteiger partial charge < -0.3 is 26.0 Å². The summed E-state index contributed by atoms with van der Waals surface area (Å²) >= 11 is 11.7. The monoisotopic (exact) mass is 698 g/mol. The topological polar surface area (TPSA) is 57.4 Å². The van der Waals surface area contributed by atoms with E-state index in [0.29, 0.717) is 16.6 Å². The Morgan fingerprint density at radius 1 is 0.750 bits per heavy atom. The first-order valence-electron chi connectivity index (χ1n) is 16.5. The van der Waals surface area contributed by atoms with Crippen LogP contribution in [0, 0.1) is 5.92 Å². The molecule has 256 valence electrons. The molecule has 0 aromatic heterocycles. The fourth-order valence-electron chi connectivity index (χ4n) is 5.89. The van der Waals surface area contributed by atoms with E-state index in [1.807, 2.05) is 36.4 Å². The predicted molar refractivity (Wildman–Crippen MR) is 191 cm³/mol. The molecule has 4 N–H and O–H groups in total. The molecule has 0 bridgehead atoms. The van der Waals surface area contributed by atoms with E-state index >= 15 is 0 Å². The number of hydrogen-bond donors (Lipinski definition) is 4. The fraction of sp³-hybridized carbons (Fsp3) is 0.368. The molecule has 2 fully saturated rings. The maximum Gasteiger partial charge on any atom is 0.412 e. The van der Waals surface area contributed by atoms with Crippen molar-refractivity contribution in [2.24, 2.45) is 5.92 Å². The van der Waals surface area contributed by atoms with Crippen molar-refractivity contribution in [3.63, 3.8) is 0 Å². The first kappa shape index (κ1) is 36.0. The van der Waals surface area contributed by atoms with Gasteiger partial charge in [-0.05, 0) is 115 Å². The number of morpholine rings is 1. The van der Waals surface area contributed by atoms with Gasteiger partial charge in [0.15, 0.2) is 0 Å². The van der Waals surface area contributed by atoms with Gasteiger partial charge in [0, 0.05) is 41.1 Å². The number of anilines is 2. The van der Waals surface area contributed by atoms with E-state index in [4.69, 9.17) is 27.9 Å². The zero-order chi connectivity index (χ0) is 33.8. The van der Waals surface area contributed by atoms with Crippen molar-refractivity contribution in [3.8, 4) is 0 Å². The molecule has 10 heteroatoms. The molecule has 2 heterocycles. The fourth-order valence-corrected chi connectivity index (χ4v) is 6.14. The van der Waals surface area contributed by atoms with Crippen molar-refractivity contribution in [2.75, 3.05) is 43.4 Å². The second-order valence-corrected chi connectivity index (χ2v) is 13.2. The van der Waals surface area contributed by atoms with Crippen LogP contribution in [0.4, 0.5) is 24.5 Å². The molecule has 3 unspecified atom stereocenters. The summed E-state index contributed by atoms with van der Waals surface area (Å²) in [5.74, 6) is 0.691. The van der Waals surface area contributed by atoms with Crippen LogP contribution in [0.5, 0.6) is 0 Å². The van der Waals surface area contributed by atoms with E-state index < -0.39 is 12.2 Å². The van der Waals surface area contributed by atoms with Gasteiger partial charge in [0.1, 0.15) is 6.04 Å². The summed E-state index contributed by atoms with van der Waals surface area (Å²) in [6.07, 6.45) is 0.296. The second-order valence-electron chi connectivity index (χ2n) is 12.3. The van der Waals surface area contributed by atoms with E-state index in [0.717, 1.165) is 68.4 Å². The number of hydrogen-bond acceptors (Lipinski definition) is 5. The molecule has 4 aromatic carbocycles. The zero-order valence-electron chi connectivity index (χ0n) is 26.8. The summed E-state index contributed by atoms with van der Waals surface area (Å²) in [4.78, 5) is 0. The van der Waals surface area contributed by atoms with Crippen LogP contribution in [0.2, 0.25) is 10.0 Å². The van der Waals surface area contributed by atoms with Crippen LogP contribution >= 0.6 is 23.2 Å². The molecule has 6 rings (SSSR count). The van der Waals surface area contributed by atoms with E-state index in [9.17, 15) is 13.2 Å². The summed E-state index contributed by atoms with van der Waals surface area (Å²) in [6, 6.07) is 27.6. The molecular weight excluding hydrogens is 656 g/mol. The Balaban J connectivity index is 0.000000194. The van der Waals surface area contributed by atoms with Crippen LogP contribution in [-0.2, 0) is 17.7 Å². The molecule has 0 amide bonds. The Hall–Kier alpha value is -3.27. The smallest absolute Gasteiger partial charge is 0.381 e. The Labute approximate surface area is 291 Å². The van der Waals surface area contributed by atoms with Crippen molar-refractivity contribution >= 4 is 34.6 Å². The lowest BCUT2D eigenvalue weighted by atomic mass is 9.93. The van der Waals surface area contributed by atoms with Crippen LogP contribution in [0.3, 0.4) is 0 Å². The van der Waals surface area contributed by atoms with Crippen LogP contribution in [0.1, 0.15) is 53.7 Å². The van der Waals surface area contributed by atoms with E-state index in [1.165, 1.54) is 48.2 Å². The normalized spacial score (nSPS) is 18.7. The Morgan fingerprint density at radius 3 is 1.98 bits per heavy atom. The van der Waals surface area contributed by atoms with Crippen LogP contribution in [0.25, 0.3) is 0 Å². The lowest BCUT2D eigenvalue weighted by Crippen LogP contribution is -2.33. The van der Waals surface area contributed by atoms with E-state index in [2.05, 4.69) is 45.5 Å². The van der Waals surface area contributed by atoms with Crippen molar-refractivity contribution < 1.29 is 17.9 Å². The summed E-state index contributed by atoms with van der Waals surface area (Å²) < 4.78 is 46.2. The largest absolute Gasteiger partial charge is 0.412 e. The highest BCUT2D eigenvalue weighted by Gasteiger charge is 2.40. The number of aryl methyl sites for hydroxylation is 1. The predicted octanol–water partition coefficient (Wildman–Crippen LogP) is 9.60. The van der Waals surface area contributed by atoms with Gasteiger partial charge in [-0.1, -0.05) is 71.7 Å². The third kappa shape index (κ3) is 11.4. The van der Waals surface area contributed by atoms with Gasteiger partial charge in [-0.3, -0.25) is 0 Å². The van der Waals surface area contributed by atoms with Gasteiger partial charge in [0.25, 0.3) is 0 Å². The van der Waals surface area contributed by atoms with Gasteiger partial charge in [-0.2, -0.15) is 13.2 Å². The molecule has 0 saturated carbocycles. The van der Waals surface area contributed by atoms with Crippen LogP contribution in [0.15, 0.2) is 97.1 Å². The van der Waals surface area contributed by atoms with Gasteiger partial charge in [0.2, 0.25) is 0 Å². The number of alkyl halides is 3. The highest BCUT2D eigenvalue weighted by atomic mass is 35.5. The quantitative estimate of drug-likeness (QED) is 0.133. The molecule has 2 saturated heterocycles. The second kappa shape index (κ2) is 17.9. The number of rotatable bonds is 10. The molecule has 48 heavy (non-hydrogen) atoms. The maximum absolute atomic E-state index is 13.5. The van der Waals surface area contributed by atoms with Crippen molar-refractivity contribution in [3.05, 3.63) is 129 Å². The summed E-state index contributed by atoms with van der Waals surface area (Å²) in [5, 5.41) is 14.0. The lowest BCUT2D eigenvalue weighted by molar-refractivity contribution is -0.144. The zero-order valence-corrected chi connectivity index (χ0v) is 28.4. The SMILES string of the molecule is Clc1ccc(CNc2ccc(C3CNCCO3)cc2)cc1.FC(F)(F)C(Nc1ccc(CCC2CCCNC2)cc1)c1ccc(Cl)cc1. The molecule has 3 atom stereocenters. The first-order chi connectivity index (χ1) is 23.2. The van der Waals surface area contributed by atoms with Crippen molar-refractivity contribution in [1.82, 2.24) is 10.6 Å². The minimum Gasteiger partial charge on any atom is -0.381 e. The third-order valence-corrected chi connectivity index (χ3v) is 9.16. The molecule has 4 aromatic rings. The summed E-state index contributed by atoms with van der Waals surface area (Å²) in [7, 11) is 0. The highest BCUT2D eigenvalue weighted by molar-refractivity contribution is 6.30. The number of nitrogens with one attached hydrogen (secondary N) is 4. The lowest BCUT2D eigenvalue weighted by Gasteiger charge is -2.24. The van der Waals surface area contributed by atoms with Crippen LogP contribution in [-0.4, -0.2) is 39.0 Å². The number of ether oxygens (including phenoxy) is 1. The first-order valence-corrected chi connectivity index (χ1v) is 17.3. The average molecular weight is 700 g/mol. The molecule has 2 aliphatic rings. The summed E-state index contributed by atoms with van der Waals surface area (Å²) in [5.41, 5.74) is 5.29. The standard InChI is InChI=1S/C21H24ClF3N2.C17H19ClN2O/c22-18-9-7-17(8-10-18)20(21(23,24)25)27-19-11-5-15(6-12-19)3-4-16-2-1-13-26-14-16;18-15-5-1-13(2-6-15)11-20-16-7-3-14(4-8-16)17-12-19-9-10-21-17/h5-12,16,20,26-27H,1-4,13-14H2;1-8,17,19-20H,9-12H2. The van der Waals surface area contributed by atoms with Crippen LogP contribution < -0.4 is 21.3 Å². The molecule has 0 radical (unpaired) electrons. The Morgan fingerprint density at radius 2 is 1.38 bits per heavy atom. The number of halogens is 5. The van der Waals surface area contributed by atoms with Crippen molar-refractivity contribution in [2.45, 2.75) is 50.6 Å². The number of piperidine rings is 1. The van der Waals surface area contributed by atoms with E-state index in [1.54, 1.807) is 12.1 Å². The summed E-state index contributed by atoms with van der Waals surface area (Å²) in [6.45, 7) is 5.56. The Kier molecular flexibility index (Phi) is 13.5. The maximum atomic E-state index is 13.5. The molecule has 0 aliphatic carbocycles. The minimum atomic E-state index is -4.40. The average Bonchev–Trinajstić information content (AvgIpc) is 3.11. The molecule has 0 spiro atoms. The Bertz CT molecular complexity index is 1510. The van der Waals surface area contributed by atoms with E-state index in [-0.39, 0.29) is 11.7 Å². The molecule has 2 aliphatic heterocycles.